The van der Waals surface area contributed by atoms with Gasteiger partial charge in [-0.05, 0) is 24.1 Å². The Morgan fingerprint density at radius 2 is 1.88 bits per heavy atom. The lowest BCUT2D eigenvalue weighted by Gasteiger charge is -2.40. The summed E-state index contributed by atoms with van der Waals surface area (Å²) in [7, 11) is 4.86. The summed E-state index contributed by atoms with van der Waals surface area (Å²) in [6, 6.07) is 5.08. The van der Waals surface area contributed by atoms with E-state index in [0.717, 1.165) is 17.5 Å². The Morgan fingerprint density at radius 1 is 1.12 bits per heavy atom. The number of carbonyl (C=O) groups is 1. The van der Waals surface area contributed by atoms with Crippen molar-refractivity contribution in [3.05, 3.63) is 45.7 Å². The molecular formula is C24H31NO7. The molecule has 0 aliphatic carbocycles. The summed E-state index contributed by atoms with van der Waals surface area (Å²) < 4.78 is 23.9. The number of aromatic nitrogens is 1. The van der Waals surface area contributed by atoms with E-state index in [1.54, 1.807) is 21.3 Å². The summed E-state index contributed by atoms with van der Waals surface area (Å²) in [5.41, 5.74) is 1.37. The Hall–Kier alpha value is -2.84. The van der Waals surface area contributed by atoms with Gasteiger partial charge in [-0.2, -0.15) is 0 Å². The highest BCUT2D eigenvalue weighted by atomic mass is 16.5. The van der Waals surface area contributed by atoms with E-state index in [0.29, 0.717) is 43.4 Å². The van der Waals surface area contributed by atoms with Gasteiger partial charge >= 0.3 is 5.97 Å². The molecule has 8 nitrogen and oxygen atoms in total. The zero-order valence-corrected chi connectivity index (χ0v) is 19.3. The van der Waals surface area contributed by atoms with E-state index in [1.807, 2.05) is 16.7 Å². The second-order valence-electron chi connectivity index (χ2n) is 8.65. The first-order chi connectivity index (χ1) is 15.2. The van der Waals surface area contributed by atoms with E-state index in [9.17, 15) is 14.7 Å². The van der Waals surface area contributed by atoms with Crippen molar-refractivity contribution < 1.29 is 28.8 Å². The lowest BCUT2D eigenvalue weighted by molar-refractivity contribution is 0.0615. The molecular weight excluding hydrogens is 414 g/mol. The molecule has 2 aromatic rings. The standard InChI is InChI=1S/C24H31NO7/c1-24(2,14-30-4)22-10-15-9-21(32-8-6-7-29-3)20(31-5)11-16(15)18-12-19(26)17(23(27)28)13-25(18)22/h9,11-13,22H,6-8,10,14H2,1-5H3,(H,27,28)/t22-/m0/s1. The van der Waals surface area contributed by atoms with Gasteiger partial charge in [-0.25, -0.2) is 4.79 Å². The van der Waals surface area contributed by atoms with Crippen LogP contribution in [0.15, 0.2) is 29.2 Å². The van der Waals surface area contributed by atoms with E-state index < -0.39 is 11.4 Å². The molecule has 32 heavy (non-hydrogen) atoms. The Kier molecular flexibility index (Phi) is 7.26. The molecule has 1 aliphatic rings. The second-order valence-corrected chi connectivity index (χ2v) is 8.65. The third-order valence-corrected chi connectivity index (χ3v) is 5.89. The van der Waals surface area contributed by atoms with Crippen LogP contribution in [0, 0.1) is 5.41 Å². The number of hydrogen-bond acceptors (Lipinski definition) is 6. The number of fused-ring (bicyclic) bond motifs is 3. The SMILES string of the molecule is COCCCOc1cc2c(cc1OC)-c1cc(=O)c(C(=O)O)cn1[C@H](C(C)(C)COC)C2. The molecule has 0 bridgehead atoms. The predicted molar refractivity (Wildman–Crippen MR) is 120 cm³/mol. The Balaban J connectivity index is 2.15. The molecule has 1 aromatic heterocycles. The number of rotatable bonds is 10. The van der Waals surface area contributed by atoms with Crippen LogP contribution in [0.4, 0.5) is 0 Å². The molecule has 0 radical (unpaired) electrons. The smallest absolute Gasteiger partial charge is 0.341 e. The molecule has 1 atom stereocenters. The van der Waals surface area contributed by atoms with Crippen LogP contribution in [-0.2, 0) is 15.9 Å². The first kappa shape index (κ1) is 23.8. The maximum Gasteiger partial charge on any atom is 0.341 e. The van der Waals surface area contributed by atoms with Crippen LogP contribution in [0.5, 0.6) is 11.5 Å². The van der Waals surface area contributed by atoms with Gasteiger partial charge in [0, 0.05) is 56.5 Å². The monoisotopic (exact) mass is 445 g/mol. The van der Waals surface area contributed by atoms with Crippen LogP contribution in [0.25, 0.3) is 11.3 Å². The molecule has 0 fully saturated rings. The molecule has 174 valence electrons. The number of methoxy groups -OCH3 is 3. The quantitative estimate of drug-likeness (QED) is 0.560. The van der Waals surface area contributed by atoms with Crippen LogP contribution in [-0.4, -0.2) is 56.8 Å². The largest absolute Gasteiger partial charge is 0.493 e. The van der Waals surface area contributed by atoms with Gasteiger partial charge in [-0.3, -0.25) is 4.79 Å². The van der Waals surface area contributed by atoms with E-state index in [2.05, 4.69) is 13.8 Å². The molecule has 3 rings (SSSR count). The lowest BCUT2D eigenvalue weighted by Crippen LogP contribution is -2.37. The van der Waals surface area contributed by atoms with Crippen LogP contribution < -0.4 is 14.9 Å². The van der Waals surface area contributed by atoms with Crippen molar-refractivity contribution in [1.29, 1.82) is 0 Å². The second kappa shape index (κ2) is 9.75. The van der Waals surface area contributed by atoms with Gasteiger partial charge in [0.15, 0.2) is 16.9 Å². The predicted octanol–water partition coefficient (Wildman–Crippen LogP) is 3.41. The highest BCUT2D eigenvalue weighted by Crippen LogP contribution is 2.46. The van der Waals surface area contributed by atoms with Crippen molar-refractivity contribution in [2.45, 2.75) is 32.7 Å². The summed E-state index contributed by atoms with van der Waals surface area (Å²) in [4.78, 5) is 24.2. The zero-order valence-electron chi connectivity index (χ0n) is 19.3. The molecule has 1 aliphatic heterocycles. The number of pyridine rings is 1. The average Bonchev–Trinajstić information content (AvgIpc) is 2.74. The topological polar surface area (TPSA) is 96.2 Å². The fraction of sp³-hybridized carbons (Fsp3) is 0.500. The third kappa shape index (κ3) is 4.66. The third-order valence-electron chi connectivity index (χ3n) is 5.89. The minimum atomic E-state index is -1.24. The van der Waals surface area contributed by atoms with Gasteiger partial charge in [0.05, 0.1) is 26.0 Å². The van der Waals surface area contributed by atoms with Gasteiger partial charge in [-0.15, -0.1) is 0 Å². The molecule has 0 saturated carbocycles. The van der Waals surface area contributed by atoms with E-state index in [-0.39, 0.29) is 17.0 Å². The first-order valence-corrected chi connectivity index (χ1v) is 10.5. The molecule has 0 spiro atoms. The van der Waals surface area contributed by atoms with Gasteiger partial charge in [0.2, 0.25) is 0 Å². The molecule has 0 amide bonds. The summed E-state index contributed by atoms with van der Waals surface area (Å²) >= 11 is 0. The van der Waals surface area contributed by atoms with Gasteiger partial charge < -0.3 is 28.6 Å². The van der Waals surface area contributed by atoms with Crippen LogP contribution in [0.3, 0.4) is 0 Å². The van der Waals surface area contributed by atoms with Crippen molar-refractivity contribution in [2.75, 3.05) is 41.2 Å². The molecule has 2 heterocycles. The minimum absolute atomic E-state index is 0.126. The maximum absolute atomic E-state index is 12.6. The molecule has 0 saturated heterocycles. The van der Waals surface area contributed by atoms with Crippen LogP contribution in [0.2, 0.25) is 0 Å². The van der Waals surface area contributed by atoms with Crippen molar-refractivity contribution in [1.82, 2.24) is 4.57 Å². The fourth-order valence-electron chi connectivity index (χ4n) is 4.28. The van der Waals surface area contributed by atoms with Crippen molar-refractivity contribution in [3.63, 3.8) is 0 Å². The summed E-state index contributed by atoms with van der Waals surface area (Å²) in [6.07, 6.45) is 2.82. The Labute approximate surface area is 187 Å². The van der Waals surface area contributed by atoms with Crippen molar-refractivity contribution in [2.24, 2.45) is 5.41 Å². The van der Waals surface area contributed by atoms with E-state index in [4.69, 9.17) is 18.9 Å². The number of nitrogens with zero attached hydrogens (tertiary/aromatic N) is 1. The number of carboxylic acid groups (broad SMARTS) is 1. The van der Waals surface area contributed by atoms with Gasteiger partial charge in [0.1, 0.15) is 5.56 Å². The van der Waals surface area contributed by atoms with Crippen molar-refractivity contribution >= 4 is 5.97 Å². The minimum Gasteiger partial charge on any atom is -0.493 e. The highest BCUT2D eigenvalue weighted by molar-refractivity contribution is 5.88. The van der Waals surface area contributed by atoms with Crippen molar-refractivity contribution in [3.8, 4) is 22.8 Å². The molecule has 8 heteroatoms. The number of hydrogen-bond donors (Lipinski definition) is 1. The number of aromatic carboxylic acids is 1. The summed E-state index contributed by atoms with van der Waals surface area (Å²) in [5.74, 6) is -0.0579. The highest BCUT2D eigenvalue weighted by Gasteiger charge is 2.37. The number of benzene rings is 1. The van der Waals surface area contributed by atoms with Gasteiger partial charge in [-0.1, -0.05) is 13.8 Å². The van der Waals surface area contributed by atoms with E-state index >= 15 is 0 Å². The van der Waals surface area contributed by atoms with Crippen LogP contribution >= 0.6 is 0 Å². The Morgan fingerprint density at radius 3 is 2.50 bits per heavy atom. The fourth-order valence-corrected chi connectivity index (χ4v) is 4.28. The van der Waals surface area contributed by atoms with Crippen LogP contribution in [0.1, 0.15) is 42.2 Å². The Bertz CT molecular complexity index is 1040. The maximum atomic E-state index is 12.6. The zero-order chi connectivity index (χ0) is 23.5. The molecule has 0 unspecified atom stereocenters. The number of ether oxygens (including phenoxy) is 4. The summed E-state index contributed by atoms with van der Waals surface area (Å²) in [6.45, 7) is 5.69. The lowest BCUT2D eigenvalue weighted by atomic mass is 9.77. The van der Waals surface area contributed by atoms with E-state index in [1.165, 1.54) is 12.3 Å². The number of carboxylic acids is 1. The molecule has 1 aromatic carbocycles. The first-order valence-electron chi connectivity index (χ1n) is 10.5. The normalized spacial score (nSPS) is 15.1. The molecule has 1 N–H and O–H groups in total. The van der Waals surface area contributed by atoms with Gasteiger partial charge in [0.25, 0.3) is 0 Å². The summed E-state index contributed by atoms with van der Waals surface area (Å²) in [5, 5.41) is 9.51. The average molecular weight is 446 g/mol.